The largest absolute Gasteiger partial charge is 0.377 e. The van der Waals surface area contributed by atoms with E-state index in [9.17, 15) is 0 Å². The normalized spacial score (nSPS) is 18.7. The number of guanidine groups is 1. The summed E-state index contributed by atoms with van der Waals surface area (Å²) in [4.78, 5) is 11.6. The maximum Gasteiger partial charge on any atom is 0.191 e. The van der Waals surface area contributed by atoms with Crippen LogP contribution in [0.2, 0.25) is 0 Å². The molecule has 0 radical (unpaired) electrons. The van der Waals surface area contributed by atoms with Crippen molar-refractivity contribution < 1.29 is 4.74 Å². The molecule has 0 aromatic carbocycles. The van der Waals surface area contributed by atoms with Gasteiger partial charge in [0.2, 0.25) is 0 Å². The first-order valence-electron chi connectivity index (χ1n) is 9.73. The van der Waals surface area contributed by atoms with Gasteiger partial charge in [-0.1, -0.05) is 6.92 Å². The number of hydrogen-bond donors (Lipinski definition) is 2. The van der Waals surface area contributed by atoms with E-state index < -0.39 is 0 Å². The zero-order chi connectivity index (χ0) is 18.9. The molecule has 0 spiro atoms. The number of aromatic nitrogens is 3. The van der Waals surface area contributed by atoms with Crippen LogP contribution in [0.1, 0.15) is 45.3 Å². The van der Waals surface area contributed by atoms with Gasteiger partial charge in [-0.25, -0.2) is 9.67 Å². The summed E-state index contributed by atoms with van der Waals surface area (Å²) in [7, 11) is 3.83. The summed E-state index contributed by atoms with van der Waals surface area (Å²) in [5, 5.41) is 11.4. The Morgan fingerprint density at radius 1 is 1.46 bits per heavy atom. The number of rotatable bonds is 9. The van der Waals surface area contributed by atoms with E-state index in [0.29, 0.717) is 18.7 Å². The molecule has 2 heterocycles. The number of nitrogens with one attached hydrogen (secondary N) is 2. The van der Waals surface area contributed by atoms with Crippen LogP contribution in [0.4, 0.5) is 0 Å². The predicted molar refractivity (Wildman–Crippen MR) is 104 cm³/mol. The van der Waals surface area contributed by atoms with Gasteiger partial charge in [-0.2, -0.15) is 5.10 Å². The van der Waals surface area contributed by atoms with Gasteiger partial charge in [0, 0.05) is 38.7 Å². The van der Waals surface area contributed by atoms with Crippen LogP contribution in [0.15, 0.2) is 4.99 Å². The van der Waals surface area contributed by atoms with E-state index in [0.717, 1.165) is 63.0 Å². The van der Waals surface area contributed by atoms with Gasteiger partial charge in [-0.05, 0) is 33.7 Å². The average Bonchev–Trinajstić information content (AvgIpc) is 3.03. The highest BCUT2D eigenvalue weighted by atomic mass is 16.5. The molecule has 8 heteroatoms. The van der Waals surface area contributed by atoms with E-state index in [2.05, 4.69) is 53.4 Å². The average molecular weight is 366 g/mol. The summed E-state index contributed by atoms with van der Waals surface area (Å²) in [5.74, 6) is 2.69. The van der Waals surface area contributed by atoms with Gasteiger partial charge >= 0.3 is 0 Å². The minimum atomic E-state index is 0.310. The smallest absolute Gasteiger partial charge is 0.191 e. The second-order valence-corrected chi connectivity index (χ2v) is 6.94. The summed E-state index contributed by atoms with van der Waals surface area (Å²) < 4.78 is 7.13. The maximum absolute atomic E-state index is 5.13. The van der Waals surface area contributed by atoms with Crippen LogP contribution in [-0.4, -0.2) is 71.5 Å². The van der Waals surface area contributed by atoms with Gasteiger partial charge in [0.1, 0.15) is 12.4 Å². The molecule has 2 unspecified atom stereocenters. The number of methoxy groups -OCH3 is 1. The van der Waals surface area contributed by atoms with Crippen LogP contribution in [0, 0.1) is 0 Å². The van der Waals surface area contributed by atoms with Crippen LogP contribution in [-0.2, 0) is 24.3 Å². The second-order valence-electron chi connectivity index (χ2n) is 6.94. The lowest BCUT2D eigenvalue weighted by Gasteiger charge is -2.26. The third-order valence-electron chi connectivity index (χ3n) is 4.93. The zero-order valence-corrected chi connectivity index (χ0v) is 17.0. The van der Waals surface area contributed by atoms with Crippen LogP contribution in [0.25, 0.3) is 0 Å². The molecule has 1 aromatic rings. The Morgan fingerprint density at radius 2 is 2.27 bits per heavy atom. The fourth-order valence-electron chi connectivity index (χ4n) is 3.03. The Labute approximate surface area is 157 Å². The van der Waals surface area contributed by atoms with Crippen LogP contribution in [0.3, 0.4) is 0 Å². The van der Waals surface area contributed by atoms with Crippen LogP contribution < -0.4 is 10.6 Å². The Balaban J connectivity index is 1.89. The van der Waals surface area contributed by atoms with Crippen LogP contribution >= 0.6 is 0 Å². The quantitative estimate of drug-likeness (QED) is 0.503. The number of likely N-dealkylation sites (N-methyl/N-ethyl adjacent to an activating group) is 1. The molecule has 2 N–H and O–H groups in total. The summed E-state index contributed by atoms with van der Waals surface area (Å²) in [6.45, 7) is 10.4. The number of aryl methyl sites for hydroxylation is 1. The van der Waals surface area contributed by atoms with E-state index in [1.807, 2.05) is 4.68 Å². The summed E-state index contributed by atoms with van der Waals surface area (Å²) in [5.41, 5.74) is 0. The molecule has 1 aromatic heterocycles. The van der Waals surface area contributed by atoms with Crippen molar-refractivity contribution in [3.05, 3.63) is 11.6 Å². The molecule has 0 aliphatic carbocycles. The lowest BCUT2D eigenvalue weighted by molar-refractivity contribution is 0.177. The van der Waals surface area contributed by atoms with E-state index in [1.54, 1.807) is 7.11 Å². The third kappa shape index (κ3) is 5.95. The minimum absolute atomic E-state index is 0.310. The molecule has 2 rings (SSSR count). The van der Waals surface area contributed by atoms with Gasteiger partial charge in [0.05, 0.1) is 13.1 Å². The van der Waals surface area contributed by atoms with Gasteiger partial charge in [0.15, 0.2) is 11.8 Å². The predicted octanol–water partition coefficient (Wildman–Crippen LogP) is 1.02. The lowest BCUT2D eigenvalue weighted by atomic mass is 10.1. The standard InChI is InChI=1S/C18H35N7O/c1-6-14(3)24(4)11-10-20-18(19-7-2)21-15-8-9-17-22-16(13-26-5)23-25(17)12-15/h14-15H,6-13H2,1-5H3,(H2,19,20,21). The molecule has 0 amide bonds. The summed E-state index contributed by atoms with van der Waals surface area (Å²) >= 11 is 0. The molecule has 1 aliphatic heterocycles. The highest BCUT2D eigenvalue weighted by Crippen LogP contribution is 2.13. The van der Waals surface area contributed by atoms with Crippen LogP contribution in [0.5, 0.6) is 0 Å². The molecule has 0 saturated carbocycles. The fraction of sp³-hybridized carbons (Fsp3) is 0.833. The molecule has 8 nitrogen and oxygen atoms in total. The zero-order valence-electron chi connectivity index (χ0n) is 17.0. The Hall–Kier alpha value is -1.67. The number of nitrogens with zero attached hydrogens (tertiary/aromatic N) is 5. The number of hydrogen-bond acceptors (Lipinski definition) is 5. The summed E-state index contributed by atoms with van der Waals surface area (Å²) in [6.07, 6.45) is 3.11. The topological polar surface area (TPSA) is 79.6 Å². The molecule has 148 valence electrons. The van der Waals surface area contributed by atoms with Crippen molar-refractivity contribution >= 4 is 5.96 Å². The number of aliphatic imine (C=N–C) groups is 1. The Bertz CT molecular complexity index is 572. The van der Waals surface area contributed by atoms with Gasteiger partial charge in [0.25, 0.3) is 0 Å². The molecular formula is C18H35N7O. The van der Waals surface area contributed by atoms with E-state index in [-0.39, 0.29) is 0 Å². The van der Waals surface area contributed by atoms with Crippen molar-refractivity contribution in [1.29, 1.82) is 0 Å². The third-order valence-corrected chi connectivity index (χ3v) is 4.93. The highest BCUT2D eigenvalue weighted by Gasteiger charge is 2.22. The first kappa shape index (κ1) is 20.6. The Kier molecular flexibility index (Phi) is 8.31. The molecule has 0 saturated heterocycles. The molecule has 2 atom stereocenters. The molecular weight excluding hydrogens is 330 g/mol. The van der Waals surface area contributed by atoms with Gasteiger partial charge < -0.3 is 20.3 Å². The van der Waals surface area contributed by atoms with E-state index >= 15 is 0 Å². The molecule has 0 fully saturated rings. The number of ether oxygens (including phenoxy) is 1. The van der Waals surface area contributed by atoms with Crippen molar-refractivity contribution in [2.24, 2.45) is 4.99 Å². The van der Waals surface area contributed by atoms with Crippen molar-refractivity contribution in [3.63, 3.8) is 0 Å². The van der Waals surface area contributed by atoms with Gasteiger partial charge in [-0.15, -0.1) is 0 Å². The summed E-state index contributed by atoms with van der Waals surface area (Å²) in [6, 6.07) is 0.899. The molecule has 0 bridgehead atoms. The monoisotopic (exact) mass is 365 g/mol. The lowest BCUT2D eigenvalue weighted by Crippen LogP contribution is -2.47. The second kappa shape index (κ2) is 10.5. The first-order chi connectivity index (χ1) is 12.6. The van der Waals surface area contributed by atoms with Crippen molar-refractivity contribution in [2.45, 2.75) is 65.3 Å². The SMILES string of the molecule is CCNC(=NCCN(C)C(C)CC)NC1CCc2nc(COC)nn2C1. The fourth-order valence-corrected chi connectivity index (χ4v) is 3.03. The van der Waals surface area contributed by atoms with E-state index in [1.165, 1.54) is 0 Å². The van der Waals surface area contributed by atoms with Gasteiger partial charge in [-0.3, -0.25) is 4.99 Å². The maximum atomic E-state index is 5.13. The molecule has 1 aliphatic rings. The minimum Gasteiger partial charge on any atom is -0.377 e. The highest BCUT2D eigenvalue weighted by molar-refractivity contribution is 5.80. The first-order valence-corrected chi connectivity index (χ1v) is 9.73. The van der Waals surface area contributed by atoms with E-state index in [4.69, 9.17) is 9.73 Å². The number of fused-ring (bicyclic) bond motifs is 1. The van der Waals surface area contributed by atoms with Crippen molar-refractivity contribution in [2.75, 3.05) is 33.8 Å². The van der Waals surface area contributed by atoms with Crippen molar-refractivity contribution in [1.82, 2.24) is 30.3 Å². The molecule has 26 heavy (non-hydrogen) atoms. The van der Waals surface area contributed by atoms with Crippen molar-refractivity contribution in [3.8, 4) is 0 Å². The Morgan fingerprint density at radius 3 is 2.96 bits per heavy atom.